The molecule has 0 spiro atoms. The smallest absolute Gasteiger partial charge is 0.242 e. The molecule has 2 unspecified atom stereocenters. The first-order valence-electron chi connectivity index (χ1n) is 11.6. The predicted molar refractivity (Wildman–Crippen MR) is 130 cm³/mol. The van der Waals surface area contributed by atoms with Crippen molar-refractivity contribution in [2.24, 2.45) is 0 Å². The van der Waals surface area contributed by atoms with E-state index in [1.807, 2.05) is 35.2 Å². The van der Waals surface area contributed by atoms with Crippen molar-refractivity contribution >= 4 is 15.9 Å². The lowest BCUT2D eigenvalue weighted by molar-refractivity contribution is -0.134. The fourth-order valence-electron chi connectivity index (χ4n) is 4.74. The minimum atomic E-state index is -3.57. The van der Waals surface area contributed by atoms with Crippen LogP contribution >= 0.6 is 0 Å². The lowest BCUT2D eigenvalue weighted by Crippen LogP contribution is -2.42. The molecule has 176 valence electrons. The molecule has 2 aliphatic heterocycles. The van der Waals surface area contributed by atoms with E-state index in [0.717, 1.165) is 30.8 Å². The zero-order valence-corrected chi connectivity index (χ0v) is 20.2. The van der Waals surface area contributed by atoms with Crippen LogP contribution in [0.15, 0.2) is 71.6 Å². The summed E-state index contributed by atoms with van der Waals surface area (Å²) in [7, 11) is -0.530. The Morgan fingerprint density at radius 1 is 1.00 bits per heavy atom. The molecular weight excluding hydrogens is 434 g/mol. The number of carbonyl (C=O) groups excluding carboxylic acids is 1. The molecule has 0 aromatic heterocycles. The summed E-state index contributed by atoms with van der Waals surface area (Å²) < 4.78 is 26.6. The van der Waals surface area contributed by atoms with Gasteiger partial charge < -0.3 is 9.80 Å². The number of rotatable bonds is 7. The highest BCUT2D eigenvalue weighted by Crippen LogP contribution is 2.32. The largest absolute Gasteiger partial charge is 0.330 e. The van der Waals surface area contributed by atoms with Crippen LogP contribution < -0.4 is 0 Å². The van der Waals surface area contributed by atoms with Crippen LogP contribution in [0.4, 0.5) is 0 Å². The molecule has 0 aliphatic carbocycles. The number of sulfonamides is 1. The zero-order valence-electron chi connectivity index (χ0n) is 19.4. The van der Waals surface area contributed by atoms with Gasteiger partial charge in [-0.25, -0.2) is 12.7 Å². The monoisotopic (exact) mass is 467 g/mol. The molecule has 0 bridgehead atoms. The van der Waals surface area contributed by atoms with Crippen LogP contribution in [0.25, 0.3) is 0 Å². The first-order chi connectivity index (χ1) is 15.9. The second-order valence-corrected chi connectivity index (χ2v) is 11.2. The normalized spacial score (nSPS) is 20.9. The third-order valence-electron chi connectivity index (χ3n) is 6.65. The second kappa shape index (κ2) is 10.2. The molecule has 33 heavy (non-hydrogen) atoms. The average molecular weight is 468 g/mol. The number of carbonyl (C=O) groups is 1. The molecule has 2 aromatic carbocycles. The predicted octanol–water partition coefficient (Wildman–Crippen LogP) is 3.65. The Kier molecular flexibility index (Phi) is 7.32. The van der Waals surface area contributed by atoms with E-state index in [-0.39, 0.29) is 16.8 Å². The molecule has 4 rings (SSSR count). The Hall–Kier alpha value is -2.48. The van der Waals surface area contributed by atoms with Crippen LogP contribution in [-0.2, 0) is 14.8 Å². The molecule has 0 radical (unpaired) electrons. The van der Waals surface area contributed by atoms with Gasteiger partial charge in [-0.3, -0.25) is 4.79 Å². The summed E-state index contributed by atoms with van der Waals surface area (Å²) >= 11 is 0. The maximum Gasteiger partial charge on any atom is 0.242 e. The summed E-state index contributed by atoms with van der Waals surface area (Å²) in [5, 5.41) is 0. The number of benzene rings is 2. The van der Waals surface area contributed by atoms with Crippen LogP contribution in [0.1, 0.15) is 42.3 Å². The van der Waals surface area contributed by atoms with Crippen molar-refractivity contribution < 1.29 is 13.2 Å². The maximum atomic E-state index is 13.9. The highest BCUT2D eigenvalue weighted by molar-refractivity contribution is 7.89. The van der Waals surface area contributed by atoms with Crippen LogP contribution in [0, 0.1) is 0 Å². The number of amides is 1. The summed E-state index contributed by atoms with van der Waals surface area (Å²) in [5.74, 6) is -0.363. The third kappa shape index (κ3) is 5.21. The van der Waals surface area contributed by atoms with Crippen molar-refractivity contribution in [3.05, 3.63) is 77.9 Å². The molecule has 7 heteroatoms. The Bertz CT molecular complexity index is 1090. The van der Waals surface area contributed by atoms with Gasteiger partial charge in [-0.15, -0.1) is 0 Å². The van der Waals surface area contributed by atoms with Crippen LogP contribution in [0.2, 0.25) is 0 Å². The van der Waals surface area contributed by atoms with Crippen molar-refractivity contribution in [3.8, 4) is 0 Å². The third-order valence-corrected chi connectivity index (χ3v) is 8.46. The molecule has 2 atom stereocenters. The molecule has 6 nitrogen and oxygen atoms in total. The molecule has 1 amide bonds. The van der Waals surface area contributed by atoms with Crippen molar-refractivity contribution in [2.45, 2.75) is 36.1 Å². The fraction of sp³-hybridized carbons (Fsp3) is 0.423. The van der Waals surface area contributed by atoms with Gasteiger partial charge >= 0.3 is 0 Å². The quantitative estimate of drug-likeness (QED) is 0.584. The van der Waals surface area contributed by atoms with Gasteiger partial charge in [-0.05, 0) is 55.6 Å². The van der Waals surface area contributed by atoms with Gasteiger partial charge in [0.05, 0.1) is 16.9 Å². The standard InChI is InChI=1S/C26H33N3O3S/c1-27(2)33(31,32)23-14-10-13-22(19-23)24-15-6-7-18-29(26(24)30)25(20-28-16-8-9-17-28)21-11-4-3-5-12-21/h3-7,10-14,19,24-25H,8-9,15-18,20H2,1-2H3. The number of allylic oxidation sites excluding steroid dienone is 1. The fourth-order valence-corrected chi connectivity index (χ4v) is 5.70. The SMILES string of the molecule is CN(C)S(=O)(=O)c1cccc(C2CC=CCN(C(CN3CCCC3)c3ccccc3)C2=O)c1. The summed E-state index contributed by atoms with van der Waals surface area (Å²) in [6, 6.07) is 17.1. The van der Waals surface area contributed by atoms with E-state index in [1.165, 1.54) is 31.2 Å². The van der Waals surface area contributed by atoms with Crippen molar-refractivity contribution in [1.82, 2.24) is 14.1 Å². The Balaban J connectivity index is 1.67. The van der Waals surface area contributed by atoms with E-state index in [9.17, 15) is 13.2 Å². The summed E-state index contributed by atoms with van der Waals surface area (Å²) in [5.41, 5.74) is 1.88. The Labute approximate surface area is 197 Å². The zero-order chi connectivity index (χ0) is 23.4. The summed E-state index contributed by atoms with van der Waals surface area (Å²) in [6.45, 7) is 3.49. The Morgan fingerprint density at radius 3 is 2.42 bits per heavy atom. The van der Waals surface area contributed by atoms with Gasteiger partial charge in [-0.2, -0.15) is 0 Å². The minimum Gasteiger partial charge on any atom is -0.330 e. The topological polar surface area (TPSA) is 60.9 Å². The number of hydrogen-bond acceptors (Lipinski definition) is 4. The molecule has 1 fully saturated rings. The molecule has 2 aromatic rings. The molecule has 2 aliphatic rings. The van der Waals surface area contributed by atoms with E-state index in [0.29, 0.717) is 13.0 Å². The van der Waals surface area contributed by atoms with Crippen molar-refractivity contribution in [1.29, 1.82) is 0 Å². The second-order valence-electron chi connectivity index (χ2n) is 9.04. The molecule has 0 saturated carbocycles. The maximum absolute atomic E-state index is 13.9. The van der Waals surface area contributed by atoms with Crippen molar-refractivity contribution in [3.63, 3.8) is 0 Å². The number of likely N-dealkylation sites (tertiary alicyclic amines) is 1. The Morgan fingerprint density at radius 2 is 1.73 bits per heavy atom. The van der Waals surface area contributed by atoms with E-state index in [1.54, 1.807) is 18.2 Å². The first kappa shape index (κ1) is 23.7. The van der Waals surface area contributed by atoms with Crippen LogP contribution in [0.5, 0.6) is 0 Å². The molecule has 2 heterocycles. The first-order valence-corrected chi connectivity index (χ1v) is 13.1. The van der Waals surface area contributed by atoms with E-state index >= 15 is 0 Å². The molecule has 1 saturated heterocycles. The van der Waals surface area contributed by atoms with Gasteiger partial charge in [0.1, 0.15) is 0 Å². The average Bonchev–Trinajstić information content (AvgIpc) is 3.26. The van der Waals surface area contributed by atoms with Crippen LogP contribution in [-0.4, -0.2) is 68.7 Å². The van der Waals surface area contributed by atoms with Crippen LogP contribution in [0.3, 0.4) is 0 Å². The van der Waals surface area contributed by atoms with E-state index in [4.69, 9.17) is 0 Å². The van der Waals surface area contributed by atoms with Gasteiger partial charge in [0.15, 0.2) is 0 Å². The molecular formula is C26H33N3O3S. The molecule has 0 N–H and O–H groups in total. The van der Waals surface area contributed by atoms with Gasteiger partial charge in [-0.1, -0.05) is 54.6 Å². The van der Waals surface area contributed by atoms with E-state index in [2.05, 4.69) is 23.1 Å². The van der Waals surface area contributed by atoms with Gasteiger partial charge in [0.2, 0.25) is 15.9 Å². The summed E-state index contributed by atoms with van der Waals surface area (Å²) in [4.78, 5) is 18.6. The van der Waals surface area contributed by atoms with Gasteiger partial charge in [0, 0.05) is 27.2 Å². The van der Waals surface area contributed by atoms with Gasteiger partial charge in [0.25, 0.3) is 0 Å². The summed E-state index contributed by atoms with van der Waals surface area (Å²) in [6.07, 6.45) is 7.08. The van der Waals surface area contributed by atoms with E-state index < -0.39 is 15.9 Å². The minimum absolute atomic E-state index is 0.0456. The van der Waals surface area contributed by atoms with Crippen molar-refractivity contribution in [2.75, 3.05) is 40.3 Å². The lowest BCUT2D eigenvalue weighted by atomic mass is 9.93. The highest BCUT2D eigenvalue weighted by Gasteiger charge is 2.34. The number of nitrogens with zero attached hydrogens (tertiary/aromatic N) is 3. The highest BCUT2D eigenvalue weighted by atomic mass is 32.2. The lowest BCUT2D eigenvalue weighted by Gasteiger charge is -2.35. The number of hydrogen-bond donors (Lipinski definition) is 0.